The summed E-state index contributed by atoms with van der Waals surface area (Å²) in [5.74, 6) is -0.915. The first-order valence-electron chi connectivity index (χ1n) is 12.0. The van der Waals surface area contributed by atoms with Crippen molar-refractivity contribution in [1.82, 2.24) is 9.78 Å². The van der Waals surface area contributed by atoms with Crippen LogP contribution in [0.3, 0.4) is 0 Å². The van der Waals surface area contributed by atoms with Gasteiger partial charge in [-0.1, -0.05) is 51.8 Å². The van der Waals surface area contributed by atoms with Crippen molar-refractivity contribution in [3.05, 3.63) is 117 Å². The number of nitrogens with zero attached hydrogens (tertiary/aromatic N) is 2. The number of anilines is 3. The summed E-state index contributed by atoms with van der Waals surface area (Å²) in [4.78, 5) is 26.9. The van der Waals surface area contributed by atoms with E-state index in [1.54, 1.807) is 31.2 Å². The van der Waals surface area contributed by atoms with Gasteiger partial charge < -0.3 is 16.0 Å². The molecule has 7 nitrogen and oxygen atoms in total. The first-order chi connectivity index (χ1) is 18.2. The van der Waals surface area contributed by atoms with Crippen molar-refractivity contribution in [2.24, 2.45) is 0 Å². The number of aromatic nitrogens is 2. The van der Waals surface area contributed by atoms with Crippen LogP contribution in [0, 0.1) is 19.7 Å². The van der Waals surface area contributed by atoms with Crippen molar-refractivity contribution in [3.63, 3.8) is 0 Å². The van der Waals surface area contributed by atoms with Crippen LogP contribution in [0.4, 0.5) is 21.6 Å². The van der Waals surface area contributed by atoms with Gasteiger partial charge in [0.15, 0.2) is 0 Å². The molecule has 0 radical (unpaired) electrons. The standard InChI is InChI=1S/C29H25BrFN5O2/c1-16-9-12-24(17(2)13-16)35-29(38)25-18(3)33-27-22(28(37)34-20-7-5-4-6-8-20)15-32-36(27)26(25)21-14-19(30)10-11-23(21)31/h4-15,26,33H,1-3H3,(H,34,37)(H,35,38)/t26-/m1/s1. The van der Waals surface area contributed by atoms with Gasteiger partial charge in [-0.05, 0) is 62.7 Å². The first-order valence-corrected chi connectivity index (χ1v) is 12.8. The quantitative estimate of drug-likeness (QED) is 0.251. The molecule has 2 heterocycles. The molecule has 4 aromatic rings. The highest BCUT2D eigenvalue weighted by atomic mass is 79.9. The predicted molar refractivity (Wildman–Crippen MR) is 150 cm³/mol. The zero-order valence-corrected chi connectivity index (χ0v) is 22.6. The highest BCUT2D eigenvalue weighted by Gasteiger charge is 2.37. The van der Waals surface area contributed by atoms with E-state index in [-0.39, 0.29) is 22.6 Å². The molecule has 1 aliphatic rings. The van der Waals surface area contributed by atoms with Crippen molar-refractivity contribution in [1.29, 1.82) is 0 Å². The number of aryl methyl sites for hydroxylation is 2. The third-order valence-electron chi connectivity index (χ3n) is 6.43. The summed E-state index contributed by atoms with van der Waals surface area (Å²) < 4.78 is 17.4. The Hall–Kier alpha value is -4.24. The molecule has 0 spiro atoms. The molecule has 0 saturated carbocycles. The zero-order valence-electron chi connectivity index (χ0n) is 21.0. The van der Waals surface area contributed by atoms with Crippen LogP contribution in [-0.2, 0) is 4.79 Å². The molecule has 1 atom stereocenters. The van der Waals surface area contributed by atoms with E-state index in [4.69, 9.17) is 0 Å². The molecule has 0 fully saturated rings. The average molecular weight is 574 g/mol. The zero-order chi connectivity index (χ0) is 27.0. The second-order valence-corrected chi connectivity index (χ2v) is 10.1. The number of amides is 2. The third-order valence-corrected chi connectivity index (χ3v) is 6.92. The smallest absolute Gasteiger partial charge is 0.261 e. The first kappa shape index (κ1) is 25.4. The van der Waals surface area contributed by atoms with Crippen LogP contribution in [0.2, 0.25) is 0 Å². The second-order valence-electron chi connectivity index (χ2n) is 9.18. The number of benzene rings is 3. The maximum Gasteiger partial charge on any atom is 0.261 e. The minimum atomic E-state index is -0.923. The van der Waals surface area contributed by atoms with Crippen LogP contribution in [0.25, 0.3) is 0 Å². The monoisotopic (exact) mass is 573 g/mol. The summed E-state index contributed by atoms with van der Waals surface area (Å²) in [6.07, 6.45) is 1.42. The van der Waals surface area contributed by atoms with E-state index < -0.39 is 17.8 Å². The second kappa shape index (κ2) is 10.3. The highest BCUT2D eigenvalue weighted by Crippen LogP contribution is 2.39. The van der Waals surface area contributed by atoms with Gasteiger partial charge in [-0.2, -0.15) is 5.10 Å². The van der Waals surface area contributed by atoms with Crippen LogP contribution < -0.4 is 16.0 Å². The Labute approximate surface area is 227 Å². The molecule has 0 saturated heterocycles. The van der Waals surface area contributed by atoms with Crippen molar-refractivity contribution in [2.45, 2.75) is 26.8 Å². The molecule has 2 amide bonds. The molecule has 0 bridgehead atoms. The SMILES string of the molecule is CC1=C(C(=O)Nc2ccc(C)cc2C)[C@@H](c2cc(Br)ccc2F)n2ncc(C(=O)Nc3ccccc3)c2N1. The molecule has 1 aromatic heterocycles. The van der Waals surface area contributed by atoms with Crippen molar-refractivity contribution < 1.29 is 14.0 Å². The van der Waals surface area contributed by atoms with E-state index in [9.17, 15) is 9.59 Å². The van der Waals surface area contributed by atoms with Gasteiger partial charge in [0.1, 0.15) is 23.2 Å². The van der Waals surface area contributed by atoms with Crippen molar-refractivity contribution in [2.75, 3.05) is 16.0 Å². The molecule has 9 heteroatoms. The fourth-order valence-corrected chi connectivity index (χ4v) is 4.97. The Kier molecular flexibility index (Phi) is 6.86. The van der Waals surface area contributed by atoms with Gasteiger partial charge in [0, 0.05) is 27.1 Å². The Morgan fingerprint density at radius 1 is 0.974 bits per heavy atom. The fourth-order valence-electron chi connectivity index (χ4n) is 4.59. The van der Waals surface area contributed by atoms with Gasteiger partial charge in [-0.15, -0.1) is 0 Å². The number of hydrogen-bond donors (Lipinski definition) is 3. The lowest BCUT2D eigenvalue weighted by Gasteiger charge is -2.30. The molecule has 3 N–H and O–H groups in total. The van der Waals surface area contributed by atoms with Crippen LogP contribution in [0.5, 0.6) is 0 Å². The molecule has 192 valence electrons. The molecule has 0 aliphatic carbocycles. The number of halogens is 2. The van der Waals surface area contributed by atoms with Crippen LogP contribution in [0.1, 0.15) is 40.0 Å². The molecule has 1 aliphatic heterocycles. The number of hydrogen-bond acceptors (Lipinski definition) is 4. The largest absolute Gasteiger partial charge is 0.343 e. The maximum absolute atomic E-state index is 15.3. The van der Waals surface area contributed by atoms with Gasteiger partial charge in [0.2, 0.25) is 0 Å². The number of fused-ring (bicyclic) bond motifs is 1. The molecule has 5 rings (SSSR count). The van der Waals surface area contributed by atoms with E-state index in [2.05, 4.69) is 37.0 Å². The van der Waals surface area contributed by atoms with E-state index in [1.807, 2.05) is 50.2 Å². The topological polar surface area (TPSA) is 88.0 Å². The van der Waals surface area contributed by atoms with Crippen LogP contribution in [0.15, 0.2) is 88.7 Å². The molecule has 3 aromatic carbocycles. The number of para-hydroxylation sites is 1. The van der Waals surface area contributed by atoms with E-state index >= 15 is 4.39 Å². The number of allylic oxidation sites excluding steroid dienone is 1. The van der Waals surface area contributed by atoms with Crippen LogP contribution >= 0.6 is 15.9 Å². The summed E-state index contributed by atoms with van der Waals surface area (Å²) in [7, 11) is 0. The summed E-state index contributed by atoms with van der Waals surface area (Å²) in [5, 5.41) is 13.4. The third kappa shape index (κ3) is 4.84. The Morgan fingerprint density at radius 3 is 2.47 bits per heavy atom. The van der Waals surface area contributed by atoms with Crippen molar-refractivity contribution >= 4 is 44.9 Å². The lowest BCUT2D eigenvalue weighted by Crippen LogP contribution is -2.32. The normalized spacial score (nSPS) is 14.5. The van der Waals surface area contributed by atoms with Gasteiger partial charge in [-0.3, -0.25) is 9.59 Å². The van der Waals surface area contributed by atoms with E-state index in [1.165, 1.54) is 16.9 Å². The minimum absolute atomic E-state index is 0.241. The summed E-state index contributed by atoms with van der Waals surface area (Å²) in [5.41, 5.74) is 4.54. The summed E-state index contributed by atoms with van der Waals surface area (Å²) in [6, 6.07) is 18.4. The summed E-state index contributed by atoms with van der Waals surface area (Å²) >= 11 is 3.42. The lowest BCUT2D eigenvalue weighted by atomic mass is 9.94. The maximum atomic E-state index is 15.3. The molecular weight excluding hydrogens is 549 g/mol. The number of nitrogens with one attached hydrogen (secondary N) is 3. The minimum Gasteiger partial charge on any atom is -0.343 e. The Morgan fingerprint density at radius 2 is 1.74 bits per heavy atom. The molecule has 0 unspecified atom stereocenters. The van der Waals surface area contributed by atoms with Gasteiger partial charge in [-0.25, -0.2) is 9.07 Å². The number of carbonyl (C=O) groups excluding carboxylic acids is 2. The van der Waals surface area contributed by atoms with Gasteiger partial charge in [0.05, 0.1) is 11.8 Å². The van der Waals surface area contributed by atoms with Gasteiger partial charge >= 0.3 is 0 Å². The predicted octanol–water partition coefficient (Wildman–Crippen LogP) is 6.58. The highest BCUT2D eigenvalue weighted by molar-refractivity contribution is 9.10. The number of carbonyl (C=O) groups is 2. The molecular formula is C29H25BrFN5O2. The fraction of sp³-hybridized carbons (Fsp3) is 0.138. The van der Waals surface area contributed by atoms with Gasteiger partial charge in [0.25, 0.3) is 11.8 Å². The Balaban J connectivity index is 1.58. The van der Waals surface area contributed by atoms with E-state index in [0.717, 1.165) is 11.1 Å². The van der Waals surface area contributed by atoms with Crippen molar-refractivity contribution in [3.8, 4) is 0 Å². The Bertz CT molecular complexity index is 1600. The summed E-state index contributed by atoms with van der Waals surface area (Å²) in [6.45, 7) is 5.63. The lowest BCUT2D eigenvalue weighted by molar-refractivity contribution is -0.113. The average Bonchev–Trinajstić information content (AvgIpc) is 3.30. The van der Waals surface area contributed by atoms with E-state index in [0.29, 0.717) is 27.4 Å². The number of rotatable bonds is 5. The molecule has 38 heavy (non-hydrogen) atoms. The van der Waals surface area contributed by atoms with Crippen LogP contribution in [-0.4, -0.2) is 21.6 Å².